The molecule has 1 amide bonds. The maximum absolute atomic E-state index is 12.2. The number of amides is 1. The fraction of sp³-hybridized carbons (Fsp3) is 0.174. The summed E-state index contributed by atoms with van der Waals surface area (Å²) in [7, 11) is 0. The summed E-state index contributed by atoms with van der Waals surface area (Å²) in [5.41, 5.74) is 3.83. The fourth-order valence-electron chi connectivity index (χ4n) is 2.81. The summed E-state index contributed by atoms with van der Waals surface area (Å²) in [6.07, 6.45) is 0.152. The lowest BCUT2D eigenvalue weighted by molar-refractivity contribution is -0.120. The quantitative estimate of drug-likeness (QED) is 0.638. The van der Waals surface area contributed by atoms with Gasteiger partial charge in [0.05, 0.1) is 19.6 Å². The molecule has 0 aromatic heterocycles. The average Bonchev–Trinajstić information content (AvgIpc) is 2.70. The molecule has 0 saturated heterocycles. The van der Waals surface area contributed by atoms with E-state index in [-0.39, 0.29) is 18.1 Å². The highest BCUT2D eigenvalue weighted by molar-refractivity contribution is 5.79. The highest BCUT2D eigenvalue weighted by atomic mass is 16.5. The molecular formula is C23H23NO3. The Morgan fingerprint density at radius 2 is 1.41 bits per heavy atom. The summed E-state index contributed by atoms with van der Waals surface area (Å²) < 4.78 is 5.82. The van der Waals surface area contributed by atoms with Crippen LogP contribution in [0.1, 0.15) is 22.3 Å². The van der Waals surface area contributed by atoms with Crippen molar-refractivity contribution in [3.05, 3.63) is 101 Å². The van der Waals surface area contributed by atoms with E-state index in [1.807, 2.05) is 60.7 Å². The van der Waals surface area contributed by atoms with Crippen molar-refractivity contribution in [2.75, 3.05) is 0 Å². The van der Waals surface area contributed by atoms with E-state index in [2.05, 4.69) is 5.32 Å². The number of benzene rings is 3. The number of carbonyl (C=O) groups excluding carboxylic acids is 1. The van der Waals surface area contributed by atoms with Crippen molar-refractivity contribution >= 4 is 5.91 Å². The van der Waals surface area contributed by atoms with E-state index in [9.17, 15) is 9.90 Å². The minimum absolute atomic E-state index is 0.128. The van der Waals surface area contributed by atoms with Gasteiger partial charge in [0.15, 0.2) is 0 Å². The van der Waals surface area contributed by atoms with Crippen LogP contribution in [0.2, 0.25) is 0 Å². The molecule has 0 radical (unpaired) electrons. The van der Waals surface area contributed by atoms with Crippen LogP contribution in [-0.4, -0.2) is 11.0 Å². The zero-order valence-corrected chi connectivity index (χ0v) is 15.1. The standard InChI is InChI=1S/C23H23NO3/c25-22-13-7-6-10-19(22)14-23(26)24-15-20-11-4-5-12-21(20)17-27-16-18-8-2-1-3-9-18/h1-13,25H,14-17H2,(H,24,26). The number of ether oxygens (including phenoxy) is 1. The van der Waals surface area contributed by atoms with Crippen LogP contribution in [0.4, 0.5) is 0 Å². The van der Waals surface area contributed by atoms with Gasteiger partial charge in [-0.1, -0.05) is 72.8 Å². The van der Waals surface area contributed by atoms with E-state index in [1.165, 1.54) is 0 Å². The molecule has 0 aliphatic rings. The molecule has 0 aliphatic heterocycles. The predicted molar refractivity (Wildman–Crippen MR) is 105 cm³/mol. The molecule has 0 aliphatic carbocycles. The highest BCUT2D eigenvalue weighted by Gasteiger charge is 2.08. The van der Waals surface area contributed by atoms with E-state index in [0.717, 1.165) is 16.7 Å². The first kappa shape index (κ1) is 18.7. The zero-order valence-electron chi connectivity index (χ0n) is 15.1. The minimum atomic E-state index is -0.128. The largest absolute Gasteiger partial charge is 0.508 e. The number of aromatic hydroxyl groups is 1. The first-order valence-electron chi connectivity index (χ1n) is 8.94. The van der Waals surface area contributed by atoms with Crippen LogP contribution in [0.5, 0.6) is 5.75 Å². The van der Waals surface area contributed by atoms with E-state index >= 15 is 0 Å². The van der Waals surface area contributed by atoms with Gasteiger partial charge >= 0.3 is 0 Å². The smallest absolute Gasteiger partial charge is 0.224 e. The van der Waals surface area contributed by atoms with Gasteiger partial charge < -0.3 is 15.2 Å². The molecule has 3 rings (SSSR count). The Labute approximate surface area is 159 Å². The molecule has 0 saturated carbocycles. The fourth-order valence-corrected chi connectivity index (χ4v) is 2.81. The van der Waals surface area contributed by atoms with Crippen LogP contribution in [-0.2, 0) is 35.7 Å². The summed E-state index contributed by atoms with van der Waals surface area (Å²) in [5, 5.41) is 12.7. The second-order valence-corrected chi connectivity index (χ2v) is 6.33. The van der Waals surface area contributed by atoms with Crippen molar-refractivity contribution < 1.29 is 14.6 Å². The Morgan fingerprint density at radius 3 is 2.15 bits per heavy atom. The molecule has 3 aromatic rings. The van der Waals surface area contributed by atoms with Crippen LogP contribution in [0, 0.1) is 0 Å². The van der Waals surface area contributed by atoms with E-state index in [0.29, 0.717) is 25.3 Å². The molecule has 2 N–H and O–H groups in total. The number of para-hydroxylation sites is 1. The van der Waals surface area contributed by atoms with E-state index < -0.39 is 0 Å². The van der Waals surface area contributed by atoms with Crippen molar-refractivity contribution in [3.63, 3.8) is 0 Å². The second-order valence-electron chi connectivity index (χ2n) is 6.33. The number of hydrogen-bond donors (Lipinski definition) is 2. The van der Waals surface area contributed by atoms with Crippen molar-refractivity contribution in [1.82, 2.24) is 5.32 Å². The van der Waals surface area contributed by atoms with Crippen molar-refractivity contribution in [2.24, 2.45) is 0 Å². The van der Waals surface area contributed by atoms with Crippen molar-refractivity contribution in [1.29, 1.82) is 0 Å². The lowest BCUT2D eigenvalue weighted by Crippen LogP contribution is -2.25. The number of nitrogens with one attached hydrogen (secondary N) is 1. The topological polar surface area (TPSA) is 58.6 Å². The Hall–Kier alpha value is -3.11. The third-order valence-electron chi connectivity index (χ3n) is 4.31. The van der Waals surface area contributed by atoms with Crippen LogP contribution in [0.3, 0.4) is 0 Å². The van der Waals surface area contributed by atoms with Crippen molar-refractivity contribution in [2.45, 2.75) is 26.2 Å². The molecule has 27 heavy (non-hydrogen) atoms. The lowest BCUT2D eigenvalue weighted by atomic mass is 10.1. The predicted octanol–water partition coefficient (Wildman–Crippen LogP) is 3.97. The molecule has 0 heterocycles. The monoisotopic (exact) mass is 361 g/mol. The van der Waals surface area contributed by atoms with E-state index in [4.69, 9.17) is 4.74 Å². The summed E-state index contributed by atoms with van der Waals surface area (Å²) in [4.78, 5) is 12.2. The van der Waals surface area contributed by atoms with Gasteiger partial charge in [-0.15, -0.1) is 0 Å². The third-order valence-corrected chi connectivity index (χ3v) is 4.31. The molecule has 3 aromatic carbocycles. The molecular weight excluding hydrogens is 338 g/mol. The molecule has 138 valence electrons. The first-order chi connectivity index (χ1) is 13.2. The summed E-state index contributed by atoms with van der Waals surface area (Å²) in [6, 6.07) is 24.8. The van der Waals surface area contributed by atoms with Gasteiger partial charge in [-0.3, -0.25) is 4.79 Å². The SMILES string of the molecule is O=C(Cc1ccccc1O)NCc1ccccc1COCc1ccccc1. The average molecular weight is 361 g/mol. The molecule has 0 bridgehead atoms. The summed E-state index contributed by atoms with van der Waals surface area (Å²) >= 11 is 0. The minimum Gasteiger partial charge on any atom is -0.508 e. The molecule has 0 spiro atoms. The normalized spacial score (nSPS) is 10.5. The van der Waals surface area contributed by atoms with Gasteiger partial charge in [-0.25, -0.2) is 0 Å². The molecule has 0 atom stereocenters. The zero-order chi connectivity index (χ0) is 18.9. The molecule has 4 nitrogen and oxygen atoms in total. The number of phenols is 1. The number of carbonyl (C=O) groups is 1. The Morgan fingerprint density at radius 1 is 0.778 bits per heavy atom. The number of rotatable bonds is 8. The van der Waals surface area contributed by atoms with Crippen molar-refractivity contribution in [3.8, 4) is 5.75 Å². The second kappa shape index (κ2) is 9.55. The number of phenolic OH excluding ortho intramolecular Hbond substituents is 1. The van der Waals surface area contributed by atoms with Crippen LogP contribution >= 0.6 is 0 Å². The van der Waals surface area contributed by atoms with Gasteiger partial charge in [-0.2, -0.15) is 0 Å². The Kier molecular flexibility index (Phi) is 6.61. The molecule has 0 unspecified atom stereocenters. The van der Waals surface area contributed by atoms with Crippen LogP contribution in [0.25, 0.3) is 0 Å². The summed E-state index contributed by atoms with van der Waals surface area (Å²) in [6.45, 7) is 1.46. The maximum atomic E-state index is 12.2. The lowest BCUT2D eigenvalue weighted by Gasteiger charge is -2.12. The molecule has 4 heteroatoms. The van der Waals surface area contributed by atoms with Gasteiger partial charge in [0.1, 0.15) is 5.75 Å². The van der Waals surface area contributed by atoms with Crippen LogP contribution < -0.4 is 5.32 Å². The summed E-state index contributed by atoms with van der Waals surface area (Å²) in [5.74, 6) is 0.0128. The third kappa shape index (κ3) is 5.69. The van der Waals surface area contributed by atoms with Crippen LogP contribution in [0.15, 0.2) is 78.9 Å². The van der Waals surface area contributed by atoms with E-state index in [1.54, 1.807) is 18.2 Å². The van der Waals surface area contributed by atoms with Gasteiger partial charge in [-0.05, 0) is 22.8 Å². The Bertz CT molecular complexity index is 878. The molecule has 0 fully saturated rings. The van der Waals surface area contributed by atoms with Gasteiger partial charge in [0, 0.05) is 12.1 Å². The Balaban J connectivity index is 1.52. The number of hydrogen-bond acceptors (Lipinski definition) is 3. The highest BCUT2D eigenvalue weighted by Crippen LogP contribution is 2.16. The maximum Gasteiger partial charge on any atom is 0.224 e. The van der Waals surface area contributed by atoms with Gasteiger partial charge in [0.25, 0.3) is 0 Å². The first-order valence-corrected chi connectivity index (χ1v) is 8.94. The van der Waals surface area contributed by atoms with Gasteiger partial charge in [0.2, 0.25) is 5.91 Å².